The lowest BCUT2D eigenvalue weighted by Crippen LogP contribution is -2.10. The number of rotatable bonds is 3. The quantitative estimate of drug-likeness (QED) is 0.731. The number of hydrogen-bond donors (Lipinski definition) is 1. The molecule has 0 aliphatic heterocycles. The summed E-state index contributed by atoms with van der Waals surface area (Å²) in [6.07, 6.45) is 0. The Kier molecular flexibility index (Phi) is 3.79. The summed E-state index contributed by atoms with van der Waals surface area (Å²) in [6.45, 7) is 0. The lowest BCUT2D eigenvalue weighted by atomic mass is 10.3. The van der Waals surface area contributed by atoms with Gasteiger partial charge in [0.15, 0.2) is 8.96 Å². The molecule has 0 radical (unpaired) electrons. The molecule has 0 bridgehead atoms. The van der Waals surface area contributed by atoms with Crippen molar-refractivity contribution >= 4 is 62.6 Å². The summed E-state index contributed by atoms with van der Waals surface area (Å²) >= 11 is 13.6. The van der Waals surface area contributed by atoms with Crippen LogP contribution in [0.4, 0.5) is 5.69 Å². The minimum Gasteiger partial charge on any atom is -0.497 e. The highest BCUT2D eigenvalue weighted by molar-refractivity contribution is 7.81. The summed E-state index contributed by atoms with van der Waals surface area (Å²) in [6, 6.07) is 7.57. The second kappa shape index (κ2) is 5.57. The second-order valence-corrected chi connectivity index (χ2v) is 6.76. The molecule has 1 N–H and O–H groups in total. The molecule has 20 heavy (non-hydrogen) atoms. The van der Waals surface area contributed by atoms with Gasteiger partial charge in [0.25, 0.3) is 0 Å². The molecule has 0 fully saturated rings. The van der Waals surface area contributed by atoms with Crippen molar-refractivity contribution in [3.05, 3.63) is 38.6 Å². The Hall–Kier alpha value is -1.35. The summed E-state index contributed by atoms with van der Waals surface area (Å²) in [7, 11) is 1.64. The standard InChI is InChI=1S/C12H9N3OS4/c1-16-8-4-2-7(3-5-8)13-10(17)11-14-15-9(20-11)6-19-12(15)18/h2-6H,1H3,(H,13,17). The predicted molar refractivity (Wildman–Crippen MR) is 90.1 cm³/mol. The SMILES string of the molecule is COc1ccc(NC(=S)c2nn3c(=S)scc3s2)cc1. The zero-order valence-electron chi connectivity index (χ0n) is 10.3. The topological polar surface area (TPSA) is 38.6 Å². The fraction of sp³-hybridized carbons (Fsp3) is 0.0833. The molecule has 0 aliphatic carbocycles. The van der Waals surface area contributed by atoms with Gasteiger partial charge in [-0.3, -0.25) is 0 Å². The minimum absolute atomic E-state index is 0.586. The fourth-order valence-electron chi connectivity index (χ4n) is 1.61. The summed E-state index contributed by atoms with van der Waals surface area (Å²) in [5.74, 6) is 0.808. The number of aromatic nitrogens is 2. The van der Waals surface area contributed by atoms with Crippen LogP contribution in [0.3, 0.4) is 0 Å². The molecular formula is C12H9N3OS4. The molecule has 1 aromatic carbocycles. The van der Waals surface area contributed by atoms with Crippen LogP contribution in [0, 0.1) is 3.95 Å². The number of hydrogen-bond acceptors (Lipinski definition) is 6. The van der Waals surface area contributed by atoms with E-state index in [1.165, 1.54) is 22.7 Å². The number of fused-ring (bicyclic) bond motifs is 1. The smallest absolute Gasteiger partial charge is 0.183 e. The molecule has 8 heteroatoms. The average Bonchev–Trinajstić information content (AvgIpc) is 3.02. The van der Waals surface area contributed by atoms with Gasteiger partial charge in [-0.05, 0) is 36.5 Å². The third kappa shape index (κ3) is 2.59. The molecule has 0 unspecified atom stereocenters. The van der Waals surface area contributed by atoms with Crippen LogP contribution < -0.4 is 10.1 Å². The maximum absolute atomic E-state index is 5.38. The molecule has 0 saturated heterocycles. The number of nitrogens with zero attached hydrogens (tertiary/aromatic N) is 2. The van der Waals surface area contributed by atoms with E-state index in [9.17, 15) is 0 Å². The van der Waals surface area contributed by atoms with E-state index < -0.39 is 0 Å². The molecular weight excluding hydrogens is 330 g/mol. The largest absolute Gasteiger partial charge is 0.497 e. The Balaban J connectivity index is 1.82. The van der Waals surface area contributed by atoms with Crippen molar-refractivity contribution in [3.8, 4) is 5.75 Å². The van der Waals surface area contributed by atoms with Crippen molar-refractivity contribution in [3.63, 3.8) is 0 Å². The number of thiazole rings is 1. The number of anilines is 1. The van der Waals surface area contributed by atoms with Gasteiger partial charge in [0, 0.05) is 11.1 Å². The Bertz CT molecular complexity index is 815. The van der Waals surface area contributed by atoms with Crippen LogP contribution >= 0.6 is 47.1 Å². The predicted octanol–water partition coefficient (Wildman–Crippen LogP) is 3.98. The molecule has 0 aliphatic rings. The van der Waals surface area contributed by atoms with Gasteiger partial charge in [0.1, 0.15) is 15.6 Å². The number of thiocarbonyl (C=S) groups is 1. The van der Waals surface area contributed by atoms with E-state index in [-0.39, 0.29) is 0 Å². The maximum Gasteiger partial charge on any atom is 0.183 e. The first-order valence-electron chi connectivity index (χ1n) is 5.60. The summed E-state index contributed by atoms with van der Waals surface area (Å²) in [5.41, 5.74) is 0.900. The Labute approximate surface area is 133 Å². The van der Waals surface area contributed by atoms with Crippen LogP contribution in [0.25, 0.3) is 4.83 Å². The molecule has 0 atom stereocenters. The van der Waals surface area contributed by atoms with Crippen molar-refractivity contribution < 1.29 is 4.74 Å². The van der Waals surface area contributed by atoms with Crippen LogP contribution in [0.1, 0.15) is 5.01 Å². The van der Waals surface area contributed by atoms with E-state index in [1.54, 1.807) is 11.6 Å². The molecule has 3 rings (SSSR count). The molecule has 102 valence electrons. The van der Waals surface area contributed by atoms with Gasteiger partial charge >= 0.3 is 0 Å². The number of nitrogens with one attached hydrogen (secondary N) is 1. The molecule has 0 amide bonds. The Morgan fingerprint density at radius 2 is 2.10 bits per heavy atom. The van der Waals surface area contributed by atoms with Gasteiger partial charge in [0.2, 0.25) is 0 Å². The highest BCUT2D eigenvalue weighted by Gasteiger charge is 2.10. The summed E-state index contributed by atoms with van der Waals surface area (Å²) < 4.78 is 7.59. The number of methoxy groups -OCH3 is 1. The molecule has 0 spiro atoms. The third-order valence-electron chi connectivity index (χ3n) is 2.58. The summed E-state index contributed by atoms with van der Waals surface area (Å²) in [5, 5.41) is 10.3. The zero-order chi connectivity index (χ0) is 14.1. The molecule has 2 heterocycles. The third-order valence-corrected chi connectivity index (χ3v) is 5.31. The lowest BCUT2D eigenvalue weighted by molar-refractivity contribution is 0.415. The van der Waals surface area contributed by atoms with Gasteiger partial charge in [-0.15, -0.1) is 11.3 Å². The van der Waals surface area contributed by atoms with E-state index in [0.29, 0.717) is 4.99 Å². The minimum atomic E-state index is 0.586. The number of ether oxygens (including phenoxy) is 1. The van der Waals surface area contributed by atoms with Gasteiger partial charge < -0.3 is 10.1 Å². The van der Waals surface area contributed by atoms with Crippen molar-refractivity contribution in [1.29, 1.82) is 0 Å². The number of benzene rings is 1. The molecule has 0 saturated carbocycles. The molecule has 2 aromatic heterocycles. The first-order valence-corrected chi connectivity index (χ1v) is 8.11. The van der Waals surface area contributed by atoms with Crippen molar-refractivity contribution in [1.82, 2.24) is 9.61 Å². The van der Waals surface area contributed by atoms with E-state index in [1.807, 2.05) is 29.6 Å². The zero-order valence-corrected chi connectivity index (χ0v) is 13.6. The van der Waals surface area contributed by atoms with E-state index >= 15 is 0 Å². The molecule has 4 nitrogen and oxygen atoms in total. The van der Waals surface area contributed by atoms with Gasteiger partial charge in [0.05, 0.1) is 7.11 Å². The van der Waals surface area contributed by atoms with Crippen LogP contribution in [0.15, 0.2) is 29.6 Å². The highest BCUT2D eigenvalue weighted by Crippen LogP contribution is 2.21. The summed E-state index contributed by atoms with van der Waals surface area (Å²) in [4.78, 5) is 1.59. The van der Waals surface area contributed by atoms with Crippen molar-refractivity contribution in [2.24, 2.45) is 0 Å². The van der Waals surface area contributed by atoms with Crippen molar-refractivity contribution in [2.75, 3.05) is 12.4 Å². The normalized spacial score (nSPS) is 10.7. The maximum atomic E-state index is 5.38. The highest BCUT2D eigenvalue weighted by atomic mass is 32.1. The van der Waals surface area contributed by atoms with Gasteiger partial charge in [-0.2, -0.15) is 5.10 Å². The Morgan fingerprint density at radius 3 is 2.75 bits per heavy atom. The first-order chi connectivity index (χ1) is 9.67. The van der Waals surface area contributed by atoms with Crippen LogP contribution in [-0.4, -0.2) is 21.7 Å². The van der Waals surface area contributed by atoms with Crippen LogP contribution in [0.2, 0.25) is 0 Å². The fourth-order valence-corrected chi connectivity index (χ4v) is 3.85. The average molecular weight is 339 g/mol. The lowest BCUT2D eigenvalue weighted by Gasteiger charge is -2.06. The Morgan fingerprint density at radius 1 is 1.35 bits per heavy atom. The van der Waals surface area contributed by atoms with Crippen LogP contribution in [-0.2, 0) is 0 Å². The van der Waals surface area contributed by atoms with E-state index in [4.69, 9.17) is 29.2 Å². The van der Waals surface area contributed by atoms with Gasteiger partial charge in [-0.1, -0.05) is 23.6 Å². The van der Waals surface area contributed by atoms with Crippen molar-refractivity contribution in [2.45, 2.75) is 0 Å². The van der Waals surface area contributed by atoms with Crippen LogP contribution in [0.5, 0.6) is 5.75 Å². The van der Waals surface area contributed by atoms with E-state index in [2.05, 4.69) is 10.4 Å². The first kappa shape index (κ1) is 13.6. The van der Waals surface area contributed by atoms with Gasteiger partial charge in [-0.25, -0.2) is 4.52 Å². The molecule has 3 aromatic rings. The van der Waals surface area contributed by atoms with E-state index in [0.717, 1.165) is 25.2 Å². The monoisotopic (exact) mass is 339 g/mol. The second-order valence-electron chi connectivity index (χ2n) is 3.84.